The van der Waals surface area contributed by atoms with Crippen molar-refractivity contribution in [1.29, 1.82) is 0 Å². The zero-order valence-electron chi connectivity index (χ0n) is 23.2. The summed E-state index contributed by atoms with van der Waals surface area (Å²) in [7, 11) is -8.51. The minimum Gasteiger partial charge on any atom is -0.302 e. The topological polar surface area (TPSA) is 111 Å². The number of aryl methyl sites for hydroxylation is 2. The van der Waals surface area contributed by atoms with Crippen molar-refractivity contribution in [2.24, 2.45) is 0 Å². The molecule has 1 atom stereocenters. The van der Waals surface area contributed by atoms with E-state index >= 15 is 0 Å². The zero-order chi connectivity index (χ0) is 29.6. The summed E-state index contributed by atoms with van der Waals surface area (Å²) in [5.74, 6) is -0.127. The molecule has 1 N–H and O–H groups in total. The maximum absolute atomic E-state index is 14.4. The minimum absolute atomic E-state index is 0.00188. The fraction of sp³-hybridized carbons (Fsp3) is 0.125. The quantitative estimate of drug-likeness (QED) is 0.227. The normalized spacial score (nSPS) is 12.9. The Kier molecular flexibility index (Phi) is 6.83. The average molecular weight is 597 g/mol. The first kappa shape index (κ1) is 27.6. The summed E-state index contributed by atoms with van der Waals surface area (Å²) in [5.41, 5.74) is 3.98. The summed E-state index contributed by atoms with van der Waals surface area (Å²) in [6.45, 7) is 5.59. The van der Waals surface area contributed by atoms with Crippen molar-refractivity contribution in [1.82, 2.24) is 14.5 Å². The predicted octanol–water partition coefficient (Wildman–Crippen LogP) is 6.44. The lowest BCUT2D eigenvalue weighted by molar-refractivity contribution is 0.595. The number of rotatable bonds is 7. The van der Waals surface area contributed by atoms with Gasteiger partial charge in [-0.15, -0.1) is 0 Å². The molecule has 0 amide bonds. The molecule has 2 aromatic heterocycles. The average Bonchev–Trinajstić information content (AvgIpc) is 3.28. The van der Waals surface area contributed by atoms with Crippen LogP contribution in [0.25, 0.3) is 22.2 Å². The number of sulfonamides is 1. The van der Waals surface area contributed by atoms with Crippen molar-refractivity contribution in [2.45, 2.75) is 41.5 Å². The molecule has 0 saturated carbocycles. The van der Waals surface area contributed by atoms with Gasteiger partial charge in [0, 0.05) is 0 Å². The molecule has 212 valence electrons. The van der Waals surface area contributed by atoms with Gasteiger partial charge in [-0.1, -0.05) is 77.9 Å². The van der Waals surface area contributed by atoms with E-state index in [9.17, 15) is 16.8 Å². The minimum atomic E-state index is -4.29. The maximum Gasteiger partial charge on any atom is 0.263 e. The molecule has 2 heterocycles. The van der Waals surface area contributed by atoms with Crippen molar-refractivity contribution in [3.63, 3.8) is 0 Å². The Hall–Kier alpha value is -4.54. The molecule has 4 aromatic carbocycles. The van der Waals surface area contributed by atoms with Crippen LogP contribution in [0, 0.1) is 13.8 Å². The van der Waals surface area contributed by atoms with E-state index in [1.165, 1.54) is 24.3 Å². The summed E-state index contributed by atoms with van der Waals surface area (Å²) >= 11 is 0. The maximum atomic E-state index is 14.4. The molecule has 0 fully saturated rings. The van der Waals surface area contributed by atoms with Crippen LogP contribution in [0.2, 0.25) is 0 Å². The van der Waals surface area contributed by atoms with Gasteiger partial charge in [-0.25, -0.2) is 26.8 Å². The monoisotopic (exact) mass is 596 g/mol. The number of fused-ring (bicyclic) bond motifs is 2. The first-order chi connectivity index (χ1) is 20.1. The highest BCUT2D eigenvalue weighted by molar-refractivity contribution is 7.93. The largest absolute Gasteiger partial charge is 0.302 e. The van der Waals surface area contributed by atoms with Crippen LogP contribution in [-0.2, 0) is 19.9 Å². The number of sulfone groups is 1. The summed E-state index contributed by atoms with van der Waals surface area (Å²) in [4.78, 5) is 9.37. The number of anilines is 1. The zero-order valence-corrected chi connectivity index (χ0v) is 24.8. The number of nitrogens with one attached hydrogen (secondary N) is 1. The van der Waals surface area contributed by atoms with Gasteiger partial charge in [-0.05, 0) is 62.7 Å². The molecule has 0 saturated heterocycles. The summed E-state index contributed by atoms with van der Waals surface area (Å²) in [6.07, 6.45) is 0. The van der Waals surface area contributed by atoms with E-state index < -0.39 is 25.9 Å². The first-order valence-electron chi connectivity index (χ1n) is 13.3. The molecule has 6 aromatic rings. The van der Waals surface area contributed by atoms with Crippen molar-refractivity contribution in [2.75, 3.05) is 4.72 Å². The van der Waals surface area contributed by atoms with Gasteiger partial charge in [0.2, 0.25) is 9.84 Å². The van der Waals surface area contributed by atoms with Crippen molar-refractivity contribution in [3.05, 3.63) is 120 Å². The predicted molar refractivity (Wildman–Crippen MR) is 164 cm³/mol. The molecule has 0 aliphatic heterocycles. The lowest BCUT2D eigenvalue weighted by atomic mass is 10.1. The van der Waals surface area contributed by atoms with Gasteiger partial charge in [0.05, 0.1) is 26.9 Å². The molecule has 6 rings (SSSR count). The van der Waals surface area contributed by atoms with Crippen LogP contribution in [0.3, 0.4) is 0 Å². The highest BCUT2D eigenvalue weighted by Crippen LogP contribution is 2.41. The second kappa shape index (κ2) is 10.4. The molecule has 8 nitrogen and oxygen atoms in total. The third kappa shape index (κ3) is 4.82. The Morgan fingerprint density at radius 3 is 1.79 bits per heavy atom. The van der Waals surface area contributed by atoms with Crippen LogP contribution in [0.5, 0.6) is 0 Å². The van der Waals surface area contributed by atoms with Crippen molar-refractivity contribution >= 4 is 47.9 Å². The number of benzene rings is 4. The molecule has 0 aliphatic carbocycles. The van der Waals surface area contributed by atoms with Gasteiger partial charge in [0.25, 0.3) is 10.0 Å². The fourth-order valence-corrected chi connectivity index (χ4v) is 7.64. The SMILES string of the molecule is Cc1ccc(S(=O)(=O)Nc2c(S(=O)(=O)c3ccc(C)cc3)c3nc4ccccc4nc3n2C(C)c2ccccc2)cc1. The van der Waals surface area contributed by atoms with E-state index in [1.807, 2.05) is 57.2 Å². The van der Waals surface area contributed by atoms with Crippen LogP contribution in [0.15, 0.2) is 118 Å². The number of para-hydroxylation sites is 2. The Balaban J connectivity index is 1.73. The molecule has 0 aliphatic rings. The van der Waals surface area contributed by atoms with Crippen LogP contribution in [0.1, 0.15) is 29.7 Å². The van der Waals surface area contributed by atoms with Crippen LogP contribution in [0.4, 0.5) is 5.82 Å². The lowest BCUT2D eigenvalue weighted by Gasteiger charge is -2.20. The Morgan fingerprint density at radius 2 is 1.19 bits per heavy atom. The summed E-state index contributed by atoms with van der Waals surface area (Å²) < 4.78 is 60.8. The standard InChI is InChI=1S/C32H28N4O4S2/c1-21-13-17-25(18-14-21)41(37,38)30-29-31(34-28-12-8-7-11-27(28)33-29)36(23(3)24-9-5-4-6-10-24)32(30)35-42(39,40)26-19-15-22(2)16-20-26/h4-20,23,35H,1-3H3. The molecule has 42 heavy (non-hydrogen) atoms. The highest BCUT2D eigenvalue weighted by atomic mass is 32.2. The first-order valence-corrected chi connectivity index (χ1v) is 16.3. The fourth-order valence-electron chi connectivity index (χ4n) is 4.99. The number of hydrogen-bond donors (Lipinski definition) is 1. The third-order valence-corrected chi connectivity index (χ3v) is 10.5. The van der Waals surface area contributed by atoms with Crippen LogP contribution >= 0.6 is 0 Å². The number of hydrogen-bond acceptors (Lipinski definition) is 6. The van der Waals surface area contributed by atoms with Gasteiger partial charge in [0.15, 0.2) is 5.65 Å². The van der Waals surface area contributed by atoms with Gasteiger partial charge in [-0.3, -0.25) is 4.72 Å². The van der Waals surface area contributed by atoms with Crippen LogP contribution in [-0.4, -0.2) is 31.4 Å². The van der Waals surface area contributed by atoms with E-state index in [0.29, 0.717) is 11.0 Å². The second-order valence-electron chi connectivity index (χ2n) is 10.3. The lowest BCUT2D eigenvalue weighted by Crippen LogP contribution is -2.20. The molecule has 0 radical (unpaired) electrons. The van der Waals surface area contributed by atoms with Crippen LogP contribution < -0.4 is 4.72 Å². The van der Waals surface area contributed by atoms with E-state index in [-0.39, 0.29) is 31.7 Å². The van der Waals surface area contributed by atoms with Crippen molar-refractivity contribution in [3.8, 4) is 0 Å². The van der Waals surface area contributed by atoms with E-state index in [0.717, 1.165) is 16.7 Å². The van der Waals surface area contributed by atoms with E-state index in [2.05, 4.69) is 4.72 Å². The summed E-state index contributed by atoms with van der Waals surface area (Å²) in [6, 6.07) is 28.9. The van der Waals surface area contributed by atoms with E-state index in [1.54, 1.807) is 47.0 Å². The van der Waals surface area contributed by atoms with Crippen molar-refractivity contribution < 1.29 is 16.8 Å². The molecular formula is C32H28N4O4S2. The van der Waals surface area contributed by atoms with Gasteiger partial charge in [-0.2, -0.15) is 0 Å². The van der Waals surface area contributed by atoms with Gasteiger partial charge >= 0.3 is 0 Å². The molecule has 0 spiro atoms. The van der Waals surface area contributed by atoms with Gasteiger partial charge in [0.1, 0.15) is 16.2 Å². The molecule has 1 unspecified atom stereocenters. The Labute approximate surface area is 244 Å². The Morgan fingerprint density at radius 1 is 0.667 bits per heavy atom. The van der Waals surface area contributed by atoms with E-state index in [4.69, 9.17) is 9.97 Å². The number of nitrogens with zero attached hydrogens (tertiary/aromatic N) is 3. The molecule has 10 heteroatoms. The summed E-state index contributed by atoms with van der Waals surface area (Å²) in [5, 5.41) is 0. The van der Waals surface area contributed by atoms with Gasteiger partial charge < -0.3 is 4.57 Å². The smallest absolute Gasteiger partial charge is 0.263 e. The molecule has 0 bridgehead atoms. The molecular weight excluding hydrogens is 569 g/mol. The second-order valence-corrected chi connectivity index (χ2v) is 13.8. The third-order valence-electron chi connectivity index (χ3n) is 7.28. The number of aromatic nitrogens is 3. The highest BCUT2D eigenvalue weighted by Gasteiger charge is 2.35. The Bertz CT molecular complexity index is 2160.